The number of allylic oxidation sites excluding steroid dienone is 2. The van der Waals surface area contributed by atoms with Gasteiger partial charge in [-0.1, -0.05) is 0 Å². The van der Waals surface area contributed by atoms with Crippen molar-refractivity contribution in [2.75, 3.05) is 0 Å². The summed E-state index contributed by atoms with van der Waals surface area (Å²) < 4.78 is 2.90. The van der Waals surface area contributed by atoms with Gasteiger partial charge in [0.2, 0.25) is 0 Å². The molecule has 0 aromatic carbocycles. The van der Waals surface area contributed by atoms with Gasteiger partial charge in [0, 0.05) is 11.9 Å². The molecule has 0 bridgehead atoms. The van der Waals surface area contributed by atoms with Gasteiger partial charge >= 0.3 is 0 Å². The van der Waals surface area contributed by atoms with Gasteiger partial charge in [-0.25, -0.2) is 0 Å². The van der Waals surface area contributed by atoms with Crippen molar-refractivity contribution in [3.63, 3.8) is 0 Å². The van der Waals surface area contributed by atoms with Gasteiger partial charge < -0.3 is 0 Å². The highest BCUT2D eigenvalue weighted by Crippen LogP contribution is 1.97. The van der Waals surface area contributed by atoms with Crippen molar-refractivity contribution in [3.05, 3.63) is 23.8 Å². The topological polar surface area (TPSA) is 12.0 Å². The fourth-order valence-corrected chi connectivity index (χ4v) is 0.590. The number of hydrogen-bond acceptors (Lipinski definition) is 2. The number of rotatable bonds is 0. The first-order chi connectivity index (χ1) is 3.00. The first-order valence-electron chi connectivity index (χ1n) is 1.64. The van der Waals surface area contributed by atoms with Crippen LogP contribution in [0, 0.1) is 6.08 Å². The Bertz CT molecular complexity index is 73.5. The molecule has 1 heterocycles. The van der Waals surface area contributed by atoms with Gasteiger partial charge in [-0.15, -0.1) is 0 Å². The SMILES string of the molecule is [C+]1=CSNC=C1. The largest absolute Gasteiger partial charge is 0.252 e. The van der Waals surface area contributed by atoms with E-state index in [4.69, 9.17) is 0 Å². The molecule has 6 heavy (non-hydrogen) atoms. The third-order valence-electron chi connectivity index (χ3n) is 0.443. The van der Waals surface area contributed by atoms with Gasteiger partial charge in [-0.05, 0) is 0 Å². The molecule has 0 spiro atoms. The van der Waals surface area contributed by atoms with E-state index in [1.807, 2.05) is 17.7 Å². The number of hydrogen-bond donors (Lipinski definition) is 1. The molecule has 0 atom stereocenters. The smallest absolute Gasteiger partial charge is 0.178 e. The standard InChI is InChI=1S/C4H4NS/c1-2-4-6-5-3-1/h1,3-5H/q+1. The second-order valence-electron chi connectivity index (χ2n) is 0.854. The lowest BCUT2D eigenvalue weighted by Crippen LogP contribution is -1.88. The highest BCUT2D eigenvalue weighted by molar-refractivity contribution is 8.00. The highest BCUT2D eigenvalue weighted by Gasteiger charge is 1.87. The fourth-order valence-electron chi connectivity index (χ4n) is 0.229. The van der Waals surface area contributed by atoms with Crippen molar-refractivity contribution in [1.82, 2.24) is 4.72 Å². The maximum absolute atomic E-state index is 2.90. The van der Waals surface area contributed by atoms with E-state index in [1.165, 1.54) is 11.9 Å². The maximum atomic E-state index is 2.90. The molecule has 0 fully saturated rings. The quantitative estimate of drug-likeness (QED) is 0.359. The summed E-state index contributed by atoms with van der Waals surface area (Å²) in [6.07, 6.45) is 6.55. The van der Waals surface area contributed by atoms with Crippen LogP contribution in [0.15, 0.2) is 17.7 Å². The van der Waals surface area contributed by atoms with Gasteiger partial charge in [0.1, 0.15) is 17.7 Å². The van der Waals surface area contributed by atoms with Crippen molar-refractivity contribution >= 4 is 11.9 Å². The Morgan fingerprint density at radius 2 is 2.67 bits per heavy atom. The van der Waals surface area contributed by atoms with E-state index in [0.29, 0.717) is 0 Å². The van der Waals surface area contributed by atoms with Gasteiger partial charge in [-0.3, -0.25) is 4.72 Å². The zero-order valence-corrected chi connectivity index (χ0v) is 3.96. The summed E-state index contributed by atoms with van der Waals surface area (Å²) in [7, 11) is 0. The summed E-state index contributed by atoms with van der Waals surface area (Å²) in [5.74, 6) is 0. The average molecular weight is 98.1 g/mol. The lowest BCUT2D eigenvalue weighted by molar-refractivity contribution is 1.41. The highest BCUT2D eigenvalue weighted by atomic mass is 32.2. The van der Waals surface area contributed by atoms with Crippen molar-refractivity contribution in [2.24, 2.45) is 0 Å². The molecule has 2 heteroatoms. The minimum Gasteiger partial charge on any atom is -0.252 e. The first kappa shape index (κ1) is 3.72. The van der Waals surface area contributed by atoms with E-state index in [0.717, 1.165) is 0 Å². The van der Waals surface area contributed by atoms with E-state index in [2.05, 4.69) is 10.8 Å². The van der Waals surface area contributed by atoms with Gasteiger partial charge in [0.25, 0.3) is 0 Å². The Labute approximate surface area is 41.3 Å². The van der Waals surface area contributed by atoms with E-state index < -0.39 is 0 Å². The van der Waals surface area contributed by atoms with Crippen LogP contribution in [0.3, 0.4) is 0 Å². The summed E-state index contributed by atoms with van der Waals surface area (Å²) in [5.41, 5.74) is 0. The molecule has 0 saturated carbocycles. The first-order valence-corrected chi connectivity index (χ1v) is 2.52. The van der Waals surface area contributed by atoms with Crippen LogP contribution in [-0.4, -0.2) is 0 Å². The molecule has 0 amide bonds. The normalized spacial score (nSPS) is 16.0. The summed E-state index contributed by atoms with van der Waals surface area (Å²) in [6.45, 7) is 0. The summed E-state index contributed by atoms with van der Waals surface area (Å²) >= 11 is 1.52. The Balaban J connectivity index is 2.46. The summed E-state index contributed by atoms with van der Waals surface area (Å²) in [4.78, 5) is 0. The van der Waals surface area contributed by atoms with E-state index in [-0.39, 0.29) is 0 Å². The zero-order valence-electron chi connectivity index (χ0n) is 3.14. The van der Waals surface area contributed by atoms with Crippen LogP contribution in [0.25, 0.3) is 0 Å². The maximum Gasteiger partial charge on any atom is 0.178 e. The Hall–Kier alpha value is -0.460. The van der Waals surface area contributed by atoms with Crippen molar-refractivity contribution in [1.29, 1.82) is 0 Å². The molecular weight excluding hydrogens is 94.1 g/mol. The third kappa shape index (κ3) is 0.744. The molecule has 0 saturated heterocycles. The molecule has 0 aromatic rings. The lowest BCUT2D eigenvalue weighted by atomic mass is 10.6. The summed E-state index contributed by atoms with van der Waals surface area (Å²) in [6, 6.07) is 0. The molecule has 0 aliphatic carbocycles. The van der Waals surface area contributed by atoms with E-state index in [1.54, 1.807) is 0 Å². The van der Waals surface area contributed by atoms with Crippen LogP contribution in [0.4, 0.5) is 0 Å². The molecule has 1 nitrogen and oxygen atoms in total. The Morgan fingerprint density at radius 3 is 2.83 bits per heavy atom. The van der Waals surface area contributed by atoms with Gasteiger partial charge in [0.15, 0.2) is 6.08 Å². The number of nitrogens with one attached hydrogen (secondary N) is 1. The zero-order chi connectivity index (χ0) is 4.24. The van der Waals surface area contributed by atoms with Crippen molar-refractivity contribution in [3.8, 4) is 0 Å². The Morgan fingerprint density at radius 1 is 1.67 bits per heavy atom. The van der Waals surface area contributed by atoms with Crippen LogP contribution < -0.4 is 4.72 Å². The second-order valence-corrected chi connectivity index (χ2v) is 1.56. The van der Waals surface area contributed by atoms with Crippen LogP contribution in [-0.2, 0) is 0 Å². The van der Waals surface area contributed by atoms with Crippen LogP contribution in [0.5, 0.6) is 0 Å². The van der Waals surface area contributed by atoms with Gasteiger partial charge in [0.05, 0.1) is 0 Å². The monoisotopic (exact) mass is 98.0 g/mol. The molecule has 1 rings (SSSR count). The van der Waals surface area contributed by atoms with Crippen LogP contribution in [0.1, 0.15) is 0 Å². The second kappa shape index (κ2) is 1.85. The minimum absolute atomic E-state index is 1.52. The molecular formula is C4H4NS+. The van der Waals surface area contributed by atoms with Crippen molar-refractivity contribution < 1.29 is 0 Å². The molecule has 1 aliphatic rings. The van der Waals surface area contributed by atoms with E-state index >= 15 is 0 Å². The minimum atomic E-state index is 1.52. The molecule has 1 aliphatic heterocycles. The average Bonchev–Trinajstić information content (AvgIpc) is 1.72. The molecule has 0 unspecified atom stereocenters. The molecule has 1 N–H and O–H groups in total. The third-order valence-corrected chi connectivity index (χ3v) is 0.969. The van der Waals surface area contributed by atoms with Crippen LogP contribution >= 0.6 is 11.9 Å². The predicted octanol–water partition coefficient (Wildman–Crippen LogP) is 1.07. The lowest BCUT2D eigenvalue weighted by Gasteiger charge is -1.82. The van der Waals surface area contributed by atoms with Gasteiger partial charge in [-0.2, -0.15) is 0 Å². The Kier molecular flexibility index (Phi) is 1.15. The van der Waals surface area contributed by atoms with Crippen molar-refractivity contribution in [2.45, 2.75) is 0 Å². The fraction of sp³-hybridized carbons (Fsp3) is 0. The summed E-state index contributed by atoms with van der Waals surface area (Å²) in [5, 5.41) is 1.86. The van der Waals surface area contributed by atoms with Crippen LogP contribution in [0.2, 0.25) is 0 Å². The van der Waals surface area contributed by atoms with E-state index in [9.17, 15) is 0 Å². The predicted molar refractivity (Wildman–Crippen MR) is 27.7 cm³/mol. The molecule has 0 aromatic heterocycles. The molecule has 0 radical (unpaired) electrons. The molecule has 30 valence electrons.